The standard InChI is InChI=1S/C25H33N5O2S2/c31-22(8-13-30-11-6-17(7-12-30)32-16-2-1-3-16)29-25-23(18-4-9-27-15-21(18)34-25)24-28-19-14-26-10-5-20(19)33-24/h5,10,14,16-17,22,27,29,31H,1-4,6-9,11-13,15H2. The molecule has 5 heterocycles. The molecular formula is C25H33N5O2S2. The van der Waals surface area contributed by atoms with Gasteiger partial charge in [-0.25, -0.2) is 4.98 Å². The molecule has 0 amide bonds. The number of hydrogen-bond acceptors (Lipinski definition) is 9. The third-order valence-electron chi connectivity index (χ3n) is 7.32. The van der Waals surface area contributed by atoms with Gasteiger partial charge in [0.25, 0.3) is 0 Å². The number of aliphatic hydroxyl groups excluding tert-OH is 1. The van der Waals surface area contributed by atoms with Crippen LogP contribution in [0.15, 0.2) is 18.5 Å². The van der Waals surface area contributed by atoms with Crippen LogP contribution in [0.5, 0.6) is 0 Å². The quantitative estimate of drug-likeness (QED) is 0.400. The summed E-state index contributed by atoms with van der Waals surface area (Å²) < 4.78 is 7.34. The molecule has 7 nitrogen and oxygen atoms in total. The number of anilines is 1. The molecule has 9 heteroatoms. The summed E-state index contributed by atoms with van der Waals surface area (Å²) in [5.41, 5.74) is 3.49. The summed E-state index contributed by atoms with van der Waals surface area (Å²) in [6.45, 7) is 4.89. The smallest absolute Gasteiger partial charge is 0.127 e. The molecule has 3 aromatic heterocycles. The van der Waals surface area contributed by atoms with Crippen molar-refractivity contribution in [2.45, 2.75) is 69.9 Å². The van der Waals surface area contributed by atoms with Gasteiger partial charge in [-0.2, -0.15) is 0 Å². The van der Waals surface area contributed by atoms with Gasteiger partial charge in [-0.15, -0.1) is 22.7 Å². The van der Waals surface area contributed by atoms with Crippen molar-refractivity contribution in [3.8, 4) is 10.6 Å². The first-order chi connectivity index (χ1) is 16.7. The summed E-state index contributed by atoms with van der Waals surface area (Å²) in [4.78, 5) is 12.9. The largest absolute Gasteiger partial charge is 0.375 e. The molecule has 3 aliphatic rings. The number of hydrogen-bond donors (Lipinski definition) is 3. The number of pyridine rings is 1. The van der Waals surface area contributed by atoms with Crippen LogP contribution in [0.3, 0.4) is 0 Å². The monoisotopic (exact) mass is 499 g/mol. The topological polar surface area (TPSA) is 82.5 Å². The van der Waals surface area contributed by atoms with Crippen LogP contribution in [0.2, 0.25) is 0 Å². The van der Waals surface area contributed by atoms with E-state index in [-0.39, 0.29) is 0 Å². The molecule has 1 saturated carbocycles. The molecule has 3 aromatic rings. The lowest BCUT2D eigenvalue weighted by molar-refractivity contribution is -0.0738. The van der Waals surface area contributed by atoms with Crippen molar-refractivity contribution in [1.82, 2.24) is 20.2 Å². The number of nitrogens with zero attached hydrogens (tertiary/aromatic N) is 3. The van der Waals surface area contributed by atoms with Crippen LogP contribution in [0.4, 0.5) is 5.00 Å². The van der Waals surface area contributed by atoms with Gasteiger partial charge in [0.05, 0.1) is 23.1 Å². The van der Waals surface area contributed by atoms with E-state index in [0.29, 0.717) is 18.6 Å². The molecule has 1 saturated heterocycles. The maximum absolute atomic E-state index is 10.9. The predicted octanol–water partition coefficient (Wildman–Crippen LogP) is 4.22. The number of aromatic nitrogens is 2. The lowest BCUT2D eigenvalue weighted by atomic mass is 9.95. The number of likely N-dealkylation sites (tertiary alicyclic amines) is 1. The molecular weight excluding hydrogens is 466 g/mol. The molecule has 6 rings (SSSR count). The Bertz CT molecular complexity index is 1090. The van der Waals surface area contributed by atoms with Crippen LogP contribution in [0, 0.1) is 0 Å². The predicted molar refractivity (Wildman–Crippen MR) is 139 cm³/mol. The van der Waals surface area contributed by atoms with Crippen LogP contribution < -0.4 is 10.6 Å². The molecule has 3 N–H and O–H groups in total. The van der Waals surface area contributed by atoms with E-state index in [9.17, 15) is 5.11 Å². The number of aliphatic hydroxyl groups is 1. The second kappa shape index (κ2) is 10.2. The second-order valence-electron chi connectivity index (χ2n) is 9.68. The highest BCUT2D eigenvalue weighted by atomic mass is 32.1. The van der Waals surface area contributed by atoms with E-state index in [1.54, 1.807) is 22.7 Å². The summed E-state index contributed by atoms with van der Waals surface area (Å²) in [6, 6.07) is 2.03. The highest BCUT2D eigenvalue weighted by molar-refractivity contribution is 7.22. The van der Waals surface area contributed by atoms with Gasteiger partial charge in [-0.1, -0.05) is 0 Å². The highest BCUT2D eigenvalue weighted by Gasteiger charge is 2.27. The van der Waals surface area contributed by atoms with Crippen molar-refractivity contribution >= 4 is 37.9 Å². The average molecular weight is 500 g/mol. The molecule has 0 spiro atoms. The molecule has 0 aromatic carbocycles. The lowest BCUT2D eigenvalue weighted by Gasteiger charge is -2.36. The highest BCUT2D eigenvalue weighted by Crippen LogP contribution is 2.45. The van der Waals surface area contributed by atoms with E-state index in [1.165, 1.54) is 35.3 Å². The lowest BCUT2D eigenvalue weighted by Crippen LogP contribution is -2.41. The van der Waals surface area contributed by atoms with E-state index < -0.39 is 6.23 Å². The molecule has 1 atom stereocenters. The minimum atomic E-state index is -0.577. The number of thiazole rings is 1. The summed E-state index contributed by atoms with van der Waals surface area (Å²) in [7, 11) is 0. The number of fused-ring (bicyclic) bond motifs is 2. The van der Waals surface area contributed by atoms with Gasteiger partial charge in [0, 0.05) is 49.2 Å². The van der Waals surface area contributed by atoms with Gasteiger partial charge in [0.2, 0.25) is 0 Å². The third kappa shape index (κ3) is 4.87. The number of ether oxygens (including phenoxy) is 1. The molecule has 0 radical (unpaired) electrons. The Balaban J connectivity index is 1.10. The van der Waals surface area contributed by atoms with Crippen molar-refractivity contribution in [1.29, 1.82) is 0 Å². The molecule has 0 bridgehead atoms. The van der Waals surface area contributed by atoms with Gasteiger partial charge in [0.1, 0.15) is 21.8 Å². The summed E-state index contributed by atoms with van der Waals surface area (Å²) in [5.74, 6) is 0. The third-order valence-corrected chi connectivity index (χ3v) is 9.54. The molecule has 182 valence electrons. The van der Waals surface area contributed by atoms with Gasteiger partial charge in [-0.05, 0) is 56.7 Å². The van der Waals surface area contributed by atoms with E-state index in [0.717, 1.165) is 72.2 Å². The van der Waals surface area contributed by atoms with Gasteiger partial charge in [-0.3, -0.25) is 4.98 Å². The average Bonchev–Trinajstić information content (AvgIpc) is 3.41. The van der Waals surface area contributed by atoms with Crippen LogP contribution in [-0.2, 0) is 17.7 Å². The number of rotatable bonds is 8. The summed E-state index contributed by atoms with van der Waals surface area (Å²) >= 11 is 3.47. The van der Waals surface area contributed by atoms with Crippen molar-refractivity contribution in [2.75, 3.05) is 31.5 Å². The van der Waals surface area contributed by atoms with Gasteiger partial charge < -0.3 is 25.4 Å². The first kappa shape index (κ1) is 22.8. The Morgan fingerprint density at radius 2 is 2.06 bits per heavy atom. The van der Waals surface area contributed by atoms with Crippen molar-refractivity contribution in [2.24, 2.45) is 0 Å². The summed E-state index contributed by atoms with van der Waals surface area (Å²) in [5, 5.41) is 19.9. The van der Waals surface area contributed by atoms with Crippen LogP contribution in [0.1, 0.15) is 49.0 Å². The zero-order valence-corrected chi connectivity index (χ0v) is 21.1. The first-order valence-corrected chi connectivity index (χ1v) is 14.2. The molecule has 1 unspecified atom stereocenters. The number of thiophene rings is 1. The van der Waals surface area contributed by atoms with Crippen LogP contribution >= 0.6 is 22.7 Å². The fourth-order valence-corrected chi connectivity index (χ4v) is 7.47. The Morgan fingerprint density at radius 1 is 1.21 bits per heavy atom. The maximum atomic E-state index is 10.9. The fourth-order valence-electron chi connectivity index (χ4n) is 5.13. The van der Waals surface area contributed by atoms with E-state index >= 15 is 0 Å². The SMILES string of the molecule is OC(CCN1CCC(OC2CCC2)CC1)Nc1sc2c(c1-c1nc3cnccc3s1)CCNC2. The molecule has 1 aliphatic carbocycles. The maximum Gasteiger partial charge on any atom is 0.127 e. The van der Waals surface area contributed by atoms with E-state index in [1.807, 2.05) is 18.5 Å². The normalized spacial score (nSPS) is 20.9. The van der Waals surface area contributed by atoms with E-state index in [4.69, 9.17) is 9.72 Å². The minimum absolute atomic E-state index is 0.433. The van der Waals surface area contributed by atoms with Crippen molar-refractivity contribution < 1.29 is 9.84 Å². The van der Waals surface area contributed by atoms with E-state index in [2.05, 4.69) is 20.5 Å². The Hall–Kier alpha value is -1.62. The second-order valence-corrected chi connectivity index (χ2v) is 11.8. The zero-order valence-electron chi connectivity index (χ0n) is 19.5. The minimum Gasteiger partial charge on any atom is -0.375 e. The Kier molecular flexibility index (Phi) is 6.82. The van der Waals surface area contributed by atoms with Crippen LogP contribution in [-0.4, -0.2) is 64.6 Å². The van der Waals surface area contributed by atoms with Crippen LogP contribution in [0.25, 0.3) is 20.8 Å². The number of piperidine rings is 1. The first-order valence-electron chi connectivity index (χ1n) is 12.6. The summed E-state index contributed by atoms with van der Waals surface area (Å²) in [6.07, 6.45) is 11.8. The Morgan fingerprint density at radius 3 is 2.85 bits per heavy atom. The molecule has 34 heavy (non-hydrogen) atoms. The Labute approximate surface area is 208 Å². The fraction of sp³-hybridized carbons (Fsp3) is 0.600. The zero-order chi connectivity index (χ0) is 22.9. The number of nitrogens with one attached hydrogen (secondary N) is 2. The van der Waals surface area contributed by atoms with Gasteiger partial charge in [0.15, 0.2) is 0 Å². The van der Waals surface area contributed by atoms with Crippen molar-refractivity contribution in [3.63, 3.8) is 0 Å². The van der Waals surface area contributed by atoms with Crippen molar-refractivity contribution in [3.05, 3.63) is 28.9 Å². The molecule has 2 fully saturated rings. The molecule has 2 aliphatic heterocycles. The van der Waals surface area contributed by atoms with Gasteiger partial charge >= 0.3 is 0 Å².